The van der Waals surface area contributed by atoms with E-state index >= 15 is 0 Å². The van der Waals surface area contributed by atoms with Crippen LogP contribution in [0.3, 0.4) is 0 Å². The van der Waals surface area contributed by atoms with E-state index in [0.717, 1.165) is 16.5 Å². The highest BCUT2D eigenvalue weighted by molar-refractivity contribution is 8.23. The normalized spacial score (nSPS) is 21.5. The molecule has 13 heavy (non-hydrogen) atoms. The largest absolute Gasteiger partial charge is 0.367 e. The van der Waals surface area contributed by atoms with Gasteiger partial charge in [0.2, 0.25) is 0 Å². The van der Waals surface area contributed by atoms with Gasteiger partial charge in [-0.2, -0.15) is 0 Å². The molecule has 0 aliphatic carbocycles. The lowest BCUT2D eigenvalue weighted by atomic mass is 10.1. The molecule has 68 valence electrons. The van der Waals surface area contributed by atoms with Crippen LogP contribution < -0.4 is 5.32 Å². The smallest absolute Gasteiger partial charge is 0.134 e. The first kappa shape index (κ1) is 9.03. The fraction of sp³-hybridized carbons (Fsp3) is 0.300. The Bertz CT molecular complexity index is 297. The van der Waals surface area contributed by atoms with Crippen LogP contribution in [0.5, 0.6) is 0 Å². The van der Waals surface area contributed by atoms with Crippen molar-refractivity contribution in [3.05, 3.63) is 35.9 Å². The van der Waals surface area contributed by atoms with Crippen LogP contribution in [0.2, 0.25) is 0 Å². The minimum atomic E-state index is 0.528. The Morgan fingerprint density at radius 3 is 2.77 bits per heavy atom. The third-order valence-corrected chi connectivity index (χ3v) is 3.48. The fourth-order valence-corrected chi connectivity index (χ4v) is 2.61. The molecule has 1 aromatic rings. The number of hydrogen-bond donors (Lipinski definition) is 1. The van der Waals surface area contributed by atoms with Gasteiger partial charge in [0, 0.05) is 11.8 Å². The van der Waals surface area contributed by atoms with Crippen molar-refractivity contribution >= 4 is 28.3 Å². The Labute approximate surface area is 87.9 Å². The highest BCUT2D eigenvalue weighted by Gasteiger charge is 2.18. The topological polar surface area (TPSA) is 12.0 Å². The average Bonchev–Trinajstić information content (AvgIpc) is 2.53. The lowest BCUT2D eigenvalue weighted by Gasteiger charge is -2.08. The molecular weight excluding hydrogens is 198 g/mol. The molecular formula is C10H11NS2. The van der Waals surface area contributed by atoms with Crippen LogP contribution in [-0.2, 0) is 6.42 Å². The Kier molecular flexibility index (Phi) is 2.86. The van der Waals surface area contributed by atoms with Gasteiger partial charge < -0.3 is 5.32 Å². The molecule has 3 heteroatoms. The summed E-state index contributed by atoms with van der Waals surface area (Å²) in [5.41, 5.74) is 1.38. The summed E-state index contributed by atoms with van der Waals surface area (Å²) in [6.07, 6.45) is 1.08. The fourth-order valence-electron chi connectivity index (χ4n) is 1.43. The number of rotatable bonds is 2. The minimum Gasteiger partial charge on any atom is -0.367 e. The van der Waals surface area contributed by atoms with E-state index in [1.54, 1.807) is 11.8 Å². The van der Waals surface area contributed by atoms with Gasteiger partial charge in [-0.1, -0.05) is 54.3 Å². The molecule has 2 rings (SSSR count). The molecule has 1 aliphatic heterocycles. The summed E-state index contributed by atoms with van der Waals surface area (Å²) in [5.74, 6) is 1.10. The molecule has 0 unspecified atom stereocenters. The molecule has 0 bridgehead atoms. The van der Waals surface area contributed by atoms with Crippen molar-refractivity contribution in [3.63, 3.8) is 0 Å². The van der Waals surface area contributed by atoms with Gasteiger partial charge in [-0.25, -0.2) is 0 Å². The van der Waals surface area contributed by atoms with Crippen LogP contribution in [0.4, 0.5) is 0 Å². The predicted molar refractivity (Wildman–Crippen MR) is 62.1 cm³/mol. The standard InChI is InChI=1S/C10H11NS2/c12-10-11-9(7-13-10)6-8-4-2-1-3-5-8/h1-5,9H,6-7H2,(H,11,12)/t9-/m0/s1. The number of thioether (sulfide) groups is 1. The van der Waals surface area contributed by atoms with Gasteiger partial charge in [-0.15, -0.1) is 0 Å². The van der Waals surface area contributed by atoms with Crippen molar-refractivity contribution in [2.75, 3.05) is 5.75 Å². The molecule has 0 radical (unpaired) electrons. The van der Waals surface area contributed by atoms with Crippen LogP contribution in [0.1, 0.15) is 5.56 Å². The molecule has 1 N–H and O–H groups in total. The van der Waals surface area contributed by atoms with E-state index in [-0.39, 0.29) is 0 Å². The highest BCUT2D eigenvalue weighted by Crippen LogP contribution is 2.16. The number of benzene rings is 1. The number of hydrogen-bond acceptors (Lipinski definition) is 2. The summed E-state index contributed by atoms with van der Waals surface area (Å²) >= 11 is 6.81. The quantitative estimate of drug-likeness (QED) is 0.750. The van der Waals surface area contributed by atoms with Crippen LogP contribution in [0, 0.1) is 0 Å². The van der Waals surface area contributed by atoms with Crippen molar-refractivity contribution < 1.29 is 0 Å². The Morgan fingerprint density at radius 1 is 1.38 bits per heavy atom. The van der Waals surface area contributed by atoms with E-state index in [1.165, 1.54) is 5.56 Å². The third kappa shape index (κ3) is 2.45. The van der Waals surface area contributed by atoms with Gasteiger partial charge >= 0.3 is 0 Å². The molecule has 0 saturated carbocycles. The van der Waals surface area contributed by atoms with E-state index in [4.69, 9.17) is 12.2 Å². The second kappa shape index (κ2) is 4.11. The maximum Gasteiger partial charge on any atom is 0.134 e. The summed E-state index contributed by atoms with van der Waals surface area (Å²) in [6, 6.07) is 11.1. The van der Waals surface area contributed by atoms with Gasteiger partial charge in [-0.05, 0) is 12.0 Å². The first-order chi connectivity index (χ1) is 6.34. The Morgan fingerprint density at radius 2 is 2.15 bits per heavy atom. The molecule has 1 atom stereocenters. The van der Waals surface area contributed by atoms with Gasteiger partial charge in [0.05, 0.1) is 0 Å². The molecule has 1 aromatic carbocycles. The van der Waals surface area contributed by atoms with Crippen LogP contribution in [0.25, 0.3) is 0 Å². The monoisotopic (exact) mass is 209 g/mol. The van der Waals surface area contributed by atoms with Crippen molar-refractivity contribution in [3.8, 4) is 0 Å². The van der Waals surface area contributed by atoms with Crippen LogP contribution in [-0.4, -0.2) is 16.1 Å². The average molecular weight is 209 g/mol. The van der Waals surface area contributed by atoms with Crippen molar-refractivity contribution in [2.24, 2.45) is 0 Å². The number of nitrogens with one attached hydrogen (secondary N) is 1. The Hall–Kier alpha value is -0.540. The van der Waals surface area contributed by atoms with Gasteiger partial charge in [0.25, 0.3) is 0 Å². The van der Waals surface area contributed by atoms with E-state index in [1.807, 2.05) is 6.07 Å². The summed E-state index contributed by atoms with van der Waals surface area (Å²) in [6.45, 7) is 0. The lowest BCUT2D eigenvalue weighted by molar-refractivity contribution is 0.692. The maximum atomic E-state index is 5.06. The molecule has 1 saturated heterocycles. The molecule has 1 aliphatic rings. The molecule has 0 aromatic heterocycles. The first-order valence-corrected chi connectivity index (χ1v) is 5.71. The molecule has 0 spiro atoms. The van der Waals surface area contributed by atoms with Crippen LogP contribution in [0.15, 0.2) is 30.3 Å². The maximum absolute atomic E-state index is 5.06. The van der Waals surface area contributed by atoms with Crippen molar-refractivity contribution in [2.45, 2.75) is 12.5 Å². The van der Waals surface area contributed by atoms with Crippen LogP contribution >= 0.6 is 24.0 Å². The predicted octanol–water partition coefficient (Wildman–Crippen LogP) is 2.22. The zero-order chi connectivity index (χ0) is 9.10. The lowest BCUT2D eigenvalue weighted by Crippen LogP contribution is -2.27. The molecule has 1 fully saturated rings. The zero-order valence-electron chi connectivity index (χ0n) is 7.19. The second-order valence-corrected chi connectivity index (χ2v) is 4.83. The van der Waals surface area contributed by atoms with Crippen molar-refractivity contribution in [1.82, 2.24) is 5.32 Å². The van der Waals surface area contributed by atoms with E-state index in [9.17, 15) is 0 Å². The number of thiocarbonyl (C=S) groups is 1. The van der Waals surface area contributed by atoms with Gasteiger partial charge in [0.15, 0.2) is 0 Å². The molecule has 1 nitrogen and oxygen atoms in total. The zero-order valence-corrected chi connectivity index (χ0v) is 8.83. The van der Waals surface area contributed by atoms with E-state index < -0.39 is 0 Å². The third-order valence-electron chi connectivity index (χ3n) is 2.06. The summed E-state index contributed by atoms with van der Waals surface area (Å²) in [5, 5.41) is 3.30. The molecule has 0 amide bonds. The second-order valence-electron chi connectivity index (χ2n) is 3.13. The van der Waals surface area contributed by atoms with Gasteiger partial charge in [0.1, 0.15) is 4.32 Å². The minimum absolute atomic E-state index is 0.528. The van der Waals surface area contributed by atoms with E-state index in [2.05, 4.69) is 29.6 Å². The summed E-state index contributed by atoms with van der Waals surface area (Å²) in [4.78, 5) is 0. The van der Waals surface area contributed by atoms with Gasteiger partial charge in [-0.3, -0.25) is 0 Å². The molecule has 1 heterocycles. The van der Waals surface area contributed by atoms with E-state index in [0.29, 0.717) is 6.04 Å². The summed E-state index contributed by atoms with van der Waals surface area (Å²) in [7, 11) is 0. The van der Waals surface area contributed by atoms with Crippen molar-refractivity contribution in [1.29, 1.82) is 0 Å². The first-order valence-electron chi connectivity index (χ1n) is 4.32. The SMILES string of the molecule is S=C1N[C@@H](Cc2ccccc2)CS1. The Balaban J connectivity index is 1.96. The summed E-state index contributed by atoms with van der Waals surface area (Å²) < 4.78 is 0.945. The highest BCUT2D eigenvalue weighted by atomic mass is 32.2.